The number of benzene rings is 1. The molecule has 15 nitrogen and oxygen atoms in total. The number of nitrogens with two attached hydrogens (primary N) is 3. The maximum Gasteiger partial charge on any atom is 0.326 e. The van der Waals surface area contributed by atoms with Gasteiger partial charge in [-0.15, -0.1) is 0 Å². The van der Waals surface area contributed by atoms with E-state index in [-0.39, 0.29) is 52.8 Å². The van der Waals surface area contributed by atoms with E-state index in [1.807, 2.05) is 0 Å². The van der Waals surface area contributed by atoms with Crippen molar-refractivity contribution in [3.63, 3.8) is 0 Å². The van der Waals surface area contributed by atoms with Crippen LogP contribution < -0.4 is 27.8 Å². The highest BCUT2D eigenvalue weighted by atomic mass is 16.4. The van der Waals surface area contributed by atoms with Crippen molar-refractivity contribution in [2.45, 2.75) is 25.4 Å². The smallest absolute Gasteiger partial charge is 0.326 e. The first kappa shape index (κ1) is 24.6. The molecule has 0 aliphatic heterocycles. The van der Waals surface area contributed by atoms with Crippen LogP contribution in [0.4, 0.5) is 17.5 Å². The van der Waals surface area contributed by atoms with Crippen molar-refractivity contribution < 1.29 is 29.4 Å². The van der Waals surface area contributed by atoms with Gasteiger partial charge in [-0.3, -0.25) is 14.4 Å². The fraction of sp³-hybridized carbons (Fsp3) is 0.200. The Bertz CT molecular complexity index is 1310. The zero-order chi connectivity index (χ0) is 25.7. The standard InChI is InChI=1S/C20H21N9O6/c21-15-14-17(29-20(23)28-15)27-13(16(22)32)11(25-14)7-24-9-3-1-8(2-4-9)18(33)26-10(19(34)35)5-6-12(30)31/h1-4,10,24H,5-7H2,(H2,22,32)(H,26,33)(H,30,31)(H,34,35)(H4,21,23,27,28,29)/t10-/m1/s1. The molecule has 182 valence electrons. The van der Waals surface area contributed by atoms with Crippen molar-refractivity contribution in [2.75, 3.05) is 16.8 Å². The van der Waals surface area contributed by atoms with Gasteiger partial charge in [0.25, 0.3) is 11.8 Å². The zero-order valence-corrected chi connectivity index (χ0v) is 18.1. The van der Waals surface area contributed by atoms with Gasteiger partial charge in [0.15, 0.2) is 22.7 Å². The Morgan fingerprint density at radius 3 is 2.26 bits per heavy atom. The van der Waals surface area contributed by atoms with Crippen LogP contribution in [0.2, 0.25) is 0 Å². The number of nitrogens with one attached hydrogen (secondary N) is 2. The van der Waals surface area contributed by atoms with Crippen LogP contribution in [0.15, 0.2) is 24.3 Å². The second-order valence-electron chi connectivity index (χ2n) is 7.25. The van der Waals surface area contributed by atoms with Crippen LogP contribution in [0.25, 0.3) is 11.2 Å². The van der Waals surface area contributed by atoms with E-state index in [1.54, 1.807) is 12.1 Å². The number of aromatic nitrogens is 4. The number of anilines is 3. The number of amides is 2. The molecule has 0 aliphatic rings. The Morgan fingerprint density at radius 1 is 0.971 bits per heavy atom. The molecule has 0 spiro atoms. The van der Waals surface area contributed by atoms with E-state index in [2.05, 4.69) is 30.6 Å². The van der Waals surface area contributed by atoms with Crippen molar-refractivity contribution >= 4 is 52.4 Å². The van der Waals surface area contributed by atoms with E-state index in [9.17, 15) is 24.3 Å². The number of nitrogen functional groups attached to an aromatic ring is 2. The number of aliphatic carboxylic acids is 2. The lowest BCUT2D eigenvalue weighted by Crippen LogP contribution is -2.41. The van der Waals surface area contributed by atoms with Gasteiger partial charge in [-0.1, -0.05) is 0 Å². The summed E-state index contributed by atoms with van der Waals surface area (Å²) >= 11 is 0. The fourth-order valence-electron chi connectivity index (χ4n) is 3.03. The SMILES string of the molecule is NC(=O)c1nc2nc(N)nc(N)c2nc1CNc1ccc(C(=O)N[C@H](CCC(=O)O)C(=O)O)cc1. The van der Waals surface area contributed by atoms with Crippen LogP contribution in [0.5, 0.6) is 0 Å². The van der Waals surface area contributed by atoms with E-state index < -0.39 is 36.2 Å². The van der Waals surface area contributed by atoms with E-state index in [1.165, 1.54) is 12.1 Å². The van der Waals surface area contributed by atoms with Crippen molar-refractivity contribution in [1.82, 2.24) is 25.3 Å². The Balaban J connectivity index is 1.73. The topological polar surface area (TPSA) is 262 Å². The maximum atomic E-state index is 12.4. The van der Waals surface area contributed by atoms with E-state index in [4.69, 9.17) is 22.3 Å². The van der Waals surface area contributed by atoms with Gasteiger partial charge >= 0.3 is 11.9 Å². The summed E-state index contributed by atoms with van der Waals surface area (Å²) in [5.74, 6) is -4.18. The Morgan fingerprint density at radius 2 is 1.66 bits per heavy atom. The Labute approximate surface area is 196 Å². The number of nitrogens with zero attached hydrogens (tertiary/aromatic N) is 4. The Kier molecular flexibility index (Phi) is 7.19. The quantitative estimate of drug-likeness (QED) is 0.189. The highest BCUT2D eigenvalue weighted by Gasteiger charge is 2.22. The zero-order valence-electron chi connectivity index (χ0n) is 18.1. The Hall–Kier alpha value is -5.08. The van der Waals surface area contributed by atoms with Crippen LogP contribution in [0.1, 0.15) is 39.4 Å². The summed E-state index contributed by atoms with van der Waals surface area (Å²) in [7, 11) is 0. The molecule has 15 heteroatoms. The molecule has 10 N–H and O–H groups in total. The minimum Gasteiger partial charge on any atom is -0.481 e. The number of hydrogen-bond acceptors (Lipinski definition) is 11. The van der Waals surface area contributed by atoms with Crippen LogP contribution >= 0.6 is 0 Å². The number of primary amides is 1. The molecule has 0 aliphatic carbocycles. The summed E-state index contributed by atoms with van der Waals surface area (Å²) in [5, 5.41) is 23.2. The molecule has 2 heterocycles. The number of carboxylic acids is 2. The van der Waals surface area contributed by atoms with E-state index in [0.717, 1.165) is 0 Å². The predicted octanol–water partition coefficient (Wildman–Crippen LogP) is -0.657. The first-order valence-corrected chi connectivity index (χ1v) is 10.0. The van der Waals surface area contributed by atoms with Crippen molar-refractivity contribution in [2.24, 2.45) is 5.73 Å². The van der Waals surface area contributed by atoms with Crippen molar-refractivity contribution in [3.8, 4) is 0 Å². The number of carbonyl (C=O) groups is 4. The van der Waals surface area contributed by atoms with Gasteiger partial charge in [-0.2, -0.15) is 9.97 Å². The number of rotatable bonds is 10. The van der Waals surface area contributed by atoms with E-state index in [0.29, 0.717) is 5.69 Å². The molecule has 35 heavy (non-hydrogen) atoms. The first-order chi connectivity index (χ1) is 16.5. The second kappa shape index (κ2) is 10.2. The average molecular weight is 483 g/mol. The van der Waals surface area contributed by atoms with Crippen LogP contribution in [-0.4, -0.2) is 59.9 Å². The number of carbonyl (C=O) groups excluding carboxylic acids is 2. The molecule has 2 aromatic heterocycles. The van der Waals surface area contributed by atoms with Crippen molar-refractivity contribution in [3.05, 3.63) is 41.2 Å². The third-order valence-corrected chi connectivity index (χ3v) is 4.74. The number of fused-ring (bicyclic) bond motifs is 1. The second-order valence-corrected chi connectivity index (χ2v) is 7.25. The summed E-state index contributed by atoms with van der Waals surface area (Å²) in [6.45, 7) is 0.00680. The van der Waals surface area contributed by atoms with Crippen LogP contribution in [-0.2, 0) is 16.1 Å². The summed E-state index contributed by atoms with van der Waals surface area (Å²) in [6.07, 6.45) is -0.663. The minimum atomic E-state index is -1.35. The summed E-state index contributed by atoms with van der Waals surface area (Å²) in [5.41, 5.74) is 17.7. The predicted molar refractivity (Wildman–Crippen MR) is 122 cm³/mol. The molecule has 0 unspecified atom stereocenters. The van der Waals surface area contributed by atoms with Gasteiger partial charge in [-0.05, 0) is 30.7 Å². The summed E-state index contributed by atoms with van der Waals surface area (Å²) in [4.78, 5) is 62.2. The molecular formula is C20H21N9O6. The molecule has 0 radical (unpaired) electrons. The fourth-order valence-corrected chi connectivity index (χ4v) is 3.03. The molecule has 3 aromatic rings. The molecule has 0 saturated heterocycles. The molecule has 0 saturated carbocycles. The largest absolute Gasteiger partial charge is 0.481 e. The normalized spacial score (nSPS) is 11.5. The van der Waals surface area contributed by atoms with Gasteiger partial charge in [0.1, 0.15) is 6.04 Å². The van der Waals surface area contributed by atoms with Gasteiger partial charge in [0.05, 0.1) is 12.2 Å². The first-order valence-electron chi connectivity index (χ1n) is 10.0. The summed E-state index contributed by atoms with van der Waals surface area (Å²) < 4.78 is 0. The van der Waals surface area contributed by atoms with Gasteiger partial charge < -0.3 is 38.0 Å². The third-order valence-electron chi connectivity index (χ3n) is 4.74. The van der Waals surface area contributed by atoms with Gasteiger partial charge in [-0.25, -0.2) is 14.8 Å². The highest BCUT2D eigenvalue weighted by molar-refractivity contribution is 5.97. The molecule has 1 aromatic carbocycles. The number of carboxylic acid groups (broad SMARTS) is 2. The molecule has 3 rings (SSSR count). The van der Waals surface area contributed by atoms with Crippen molar-refractivity contribution in [1.29, 1.82) is 0 Å². The van der Waals surface area contributed by atoms with Crippen LogP contribution in [0.3, 0.4) is 0 Å². The molecule has 2 amide bonds. The maximum absolute atomic E-state index is 12.4. The molecular weight excluding hydrogens is 462 g/mol. The summed E-state index contributed by atoms with van der Waals surface area (Å²) in [6, 6.07) is 4.60. The van der Waals surface area contributed by atoms with Gasteiger partial charge in [0, 0.05) is 17.7 Å². The lowest BCUT2D eigenvalue weighted by molar-refractivity contribution is -0.140. The van der Waals surface area contributed by atoms with Gasteiger partial charge in [0.2, 0.25) is 5.95 Å². The lowest BCUT2D eigenvalue weighted by Gasteiger charge is -2.14. The van der Waals surface area contributed by atoms with E-state index >= 15 is 0 Å². The monoisotopic (exact) mass is 483 g/mol. The molecule has 0 fully saturated rings. The average Bonchev–Trinajstić information content (AvgIpc) is 2.79. The third kappa shape index (κ3) is 6.04. The molecule has 1 atom stereocenters. The molecule has 0 bridgehead atoms. The van der Waals surface area contributed by atoms with Crippen LogP contribution in [0, 0.1) is 0 Å². The highest BCUT2D eigenvalue weighted by Crippen LogP contribution is 2.18. The number of hydrogen-bond donors (Lipinski definition) is 7. The lowest BCUT2D eigenvalue weighted by atomic mass is 10.1. The minimum absolute atomic E-state index is 0.00680.